The van der Waals surface area contributed by atoms with Crippen LogP contribution in [0.4, 0.5) is 0 Å². The predicted molar refractivity (Wildman–Crippen MR) is 175 cm³/mol. The van der Waals surface area contributed by atoms with Gasteiger partial charge in [-0.2, -0.15) is 0 Å². The molecule has 2 heterocycles. The Morgan fingerprint density at radius 3 is 2.34 bits per heavy atom. The Hall–Kier alpha value is -2.45. The Kier molecular flexibility index (Phi) is 11.8. The molecule has 5 atom stereocenters. The molecule has 1 N–H and O–H groups in total. The van der Waals surface area contributed by atoms with E-state index < -0.39 is 30.0 Å². The predicted octanol–water partition coefficient (Wildman–Crippen LogP) is 7.39. The van der Waals surface area contributed by atoms with Crippen LogP contribution >= 0.6 is 11.6 Å². The van der Waals surface area contributed by atoms with Crippen LogP contribution in [-0.4, -0.2) is 66.8 Å². The summed E-state index contributed by atoms with van der Waals surface area (Å²) in [6.07, 6.45) is 2.75. The number of unbranched alkanes of at least 4 members (excludes halogenated alkanes) is 2. The minimum Gasteiger partial charge on any atom is -0.494 e. The fourth-order valence-corrected chi connectivity index (χ4v) is 6.59. The Labute approximate surface area is 268 Å². The number of rotatable bonds is 15. The molecule has 0 radical (unpaired) electrons. The minimum absolute atomic E-state index is 0.406. The minimum atomic E-state index is -1.19. The van der Waals surface area contributed by atoms with Crippen LogP contribution in [0.25, 0.3) is 0 Å². The molecule has 0 saturated carbocycles. The van der Waals surface area contributed by atoms with Crippen molar-refractivity contribution >= 4 is 11.6 Å². The maximum absolute atomic E-state index is 12.4. The van der Waals surface area contributed by atoms with Gasteiger partial charge in [0, 0.05) is 37.9 Å². The van der Waals surface area contributed by atoms with E-state index in [-0.39, 0.29) is 0 Å². The van der Waals surface area contributed by atoms with Gasteiger partial charge in [0.15, 0.2) is 0 Å². The van der Waals surface area contributed by atoms with Gasteiger partial charge in [0.1, 0.15) is 35.8 Å². The molecular weight excluding hydrogens is 574 g/mol. The molecule has 44 heavy (non-hydrogen) atoms. The molecule has 7 heteroatoms. The van der Waals surface area contributed by atoms with Gasteiger partial charge in [0.05, 0.1) is 6.61 Å². The number of fused-ring (bicyclic) bond motifs is 1. The molecular formula is C37H48ClNO5. The lowest BCUT2D eigenvalue weighted by Gasteiger charge is -2.49. The molecule has 0 aliphatic carbocycles. The molecule has 6 nitrogen and oxygen atoms in total. The van der Waals surface area contributed by atoms with E-state index in [1.165, 1.54) is 5.56 Å². The molecule has 5 rings (SSSR count). The number of ether oxygens (including phenoxy) is 4. The second-order valence-electron chi connectivity index (χ2n) is 12.1. The third kappa shape index (κ3) is 7.85. The first-order valence-corrected chi connectivity index (χ1v) is 16.7. The van der Waals surface area contributed by atoms with Gasteiger partial charge in [-0.05, 0) is 66.6 Å². The Morgan fingerprint density at radius 2 is 1.64 bits per heavy atom. The Balaban J connectivity index is 1.45. The number of aliphatic hydroxyl groups is 1. The van der Waals surface area contributed by atoms with Crippen LogP contribution in [0.2, 0.25) is 5.02 Å². The van der Waals surface area contributed by atoms with E-state index in [1.54, 1.807) is 0 Å². The van der Waals surface area contributed by atoms with Gasteiger partial charge in [-0.25, -0.2) is 0 Å². The summed E-state index contributed by atoms with van der Waals surface area (Å²) in [5.41, 5.74) is 3.18. The van der Waals surface area contributed by atoms with Gasteiger partial charge in [0.2, 0.25) is 0 Å². The molecule has 0 spiro atoms. The Morgan fingerprint density at radius 1 is 0.909 bits per heavy atom. The zero-order chi connectivity index (χ0) is 30.9. The van der Waals surface area contributed by atoms with Crippen molar-refractivity contribution < 1.29 is 24.1 Å². The molecule has 0 aromatic heterocycles. The van der Waals surface area contributed by atoms with E-state index in [0.717, 1.165) is 54.7 Å². The lowest BCUT2D eigenvalue weighted by Crippen LogP contribution is -2.65. The van der Waals surface area contributed by atoms with Crippen molar-refractivity contribution in [3.8, 4) is 5.75 Å². The summed E-state index contributed by atoms with van der Waals surface area (Å²) < 4.78 is 25.7. The van der Waals surface area contributed by atoms with Crippen LogP contribution in [-0.2, 0) is 27.2 Å². The summed E-state index contributed by atoms with van der Waals surface area (Å²) in [4.78, 5) is 2.28. The highest BCUT2D eigenvalue weighted by molar-refractivity contribution is 6.31. The van der Waals surface area contributed by atoms with Crippen LogP contribution < -0.4 is 4.74 Å². The molecule has 3 aromatic carbocycles. The molecule has 0 bridgehead atoms. The summed E-state index contributed by atoms with van der Waals surface area (Å²) in [6.45, 7) is 9.90. The van der Waals surface area contributed by atoms with Gasteiger partial charge in [-0.1, -0.05) is 92.9 Å². The van der Waals surface area contributed by atoms with E-state index in [2.05, 4.69) is 61.2 Å². The molecule has 3 aromatic rings. The van der Waals surface area contributed by atoms with Gasteiger partial charge in [-0.15, -0.1) is 0 Å². The molecule has 1 unspecified atom stereocenters. The summed E-state index contributed by atoms with van der Waals surface area (Å²) in [7, 11) is 0. The Bertz CT molecular complexity index is 1310. The number of likely N-dealkylation sites (tertiary alicyclic amines) is 1. The fourth-order valence-electron chi connectivity index (χ4n) is 6.41. The van der Waals surface area contributed by atoms with Crippen LogP contribution in [0.3, 0.4) is 0 Å². The van der Waals surface area contributed by atoms with E-state index in [9.17, 15) is 5.11 Å². The lowest BCUT2D eigenvalue weighted by molar-refractivity contribution is -0.277. The zero-order valence-corrected chi connectivity index (χ0v) is 27.2. The normalized spacial score (nSPS) is 25.2. The van der Waals surface area contributed by atoms with Gasteiger partial charge in [0.25, 0.3) is 0 Å². The van der Waals surface area contributed by atoms with Crippen molar-refractivity contribution in [1.82, 2.24) is 4.90 Å². The third-order valence-electron chi connectivity index (χ3n) is 8.74. The number of benzene rings is 3. The zero-order valence-electron chi connectivity index (χ0n) is 26.4. The van der Waals surface area contributed by atoms with Crippen molar-refractivity contribution in [3.63, 3.8) is 0 Å². The molecule has 238 valence electrons. The van der Waals surface area contributed by atoms with Crippen molar-refractivity contribution in [1.29, 1.82) is 0 Å². The van der Waals surface area contributed by atoms with Crippen molar-refractivity contribution in [3.05, 3.63) is 100 Å². The smallest absolute Gasteiger partial charge is 0.133 e. The molecule has 2 aliphatic heterocycles. The van der Waals surface area contributed by atoms with Crippen LogP contribution in [0.15, 0.2) is 72.8 Å². The first kappa shape index (κ1) is 32.9. The van der Waals surface area contributed by atoms with Crippen molar-refractivity contribution in [2.45, 2.75) is 89.4 Å². The molecule has 2 aliphatic rings. The van der Waals surface area contributed by atoms with E-state index >= 15 is 0 Å². The third-order valence-corrected chi connectivity index (χ3v) is 9.11. The number of nitrogens with zero attached hydrogens (tertiary/aromatic N) is 1. The lowest BCUT2D eigenvalue weighted by atomic mass is 9.81. The van der Waals surface area contributed by atoms with Gasteiger partial charge < -0.3 is 24.1 Å². The summed E-state index contributed by atoms with van der Waals surface area (Å²) >= 11 is 6.76. The highest BCUT2D eigenvalue weighted by Crippen LogP contribution is 2.45. The summed E-state index contributed by atoms with van der Waals surface area (Å²) in [5.74, 6) is 0.859. The van der Waals surface area contributed by atoms with Crippen molar-refractivity contribution in [2.75, 3.05) is 32.9 Å². The van der Waals surface area contributed by atoms with Crippen molar-refractivity contribution in [2.24, 2.45) is 0 Å². The van der Waals surface area contributed by atoms with Crippen LogP contribution in [0.5, 0.6) is 5.75 Å². The topological polar surface area (TPSA) is 60.4 Å². The second kappa shape index (κ2) is 15.7. The molecule has 2 fully saturated rings. The number of halogens is 1. The SMILES string of the molecule is CCCCO[C@@H]1[C@@H](OCCCC)[C@]2(O)CN(Cc3ccccc3)CC2O[C@H]1c1ccc(Cl)c(Cc2ccc(OCC)cc2)c1. The first-order valence-electron chi connectivity index (χ1n) is 16.3. The largest absolute Gasteiger partial charge is 0.494 e. The average Bonchev–Trinajstić information content (AvgIpc) is 3.35. The number of hydrogen-bond acceptors (Lipinski definition) is 6. The second-order valence-corrected chi connectivity index (χ2v) is 12.5. The van der Waals surface area contributed by atoms with Gasteiger partial charge >= 0.3 is 0 Å². The standard InChI is InChI=1S/C37H48ClNO5/c1-4-7-20-42-35-34(29-16-19-32(38)30(23-29)22-27-14-17-31(18-15-27)41-6-3)44-33-25-39(24-28-12-10-9-11-13-28)26-37(33,40)36(35)43-21-8-5-2/h9-19,23,33-36,40H,4-8,20-22,24-26H2,1-3H3/t33?,34-,35-,36+,37-/m0/s1. The first-order chi connectivity index (χ1) is 21.4. The summed E-state index contributed by atoms with van der Waals surface area (Å²) in [6, 6.07) is 24.7. The highest BCUT2D eigenvalue weighted by Gasteiger charge is 2.60. The fraction of sp³-hybridized carbons (Fsp3) is 0.514. The van der Waals surface area contributed by atoms with Crippen LogP contribution in [0, 0.1) is 0 Å². The summed E-state index contributed by atoms with van der Waals surface area (Å²) in [5, 5.41) is 13.1. The quantitative estimate of drug-likeness (QED) is 0.179. The maximum Gasteiger partial charge on any atom is 0.133 e. The van der Waals surface area contributed by atoms with Gasteiger partial charge in [-0.3, -0.25) is 4.90 Å². The highest BCUT2D eigenvalue weighted by atomic mass is 35.5. The van der Waals surface area contributed by atoms with E-state index in [0.29, 0.717) is 44.4 Å². The monoisotopic (exact) mass is 621 g/mol. The van der Waals surface area contributed by atoms with E-state index in [4.69, 9.17) is 30.5 Å². The average molecular weight is 622 g/mol. The van der Waals surface area contributed by atoms with E-state index in [1.807, 2.05) is 37.3 Å². The number of β-amino-alcohol motifs (C(OH)–C–C–N with tert-alkyl or cyclic N) is 1. The maximum atomic E-state index is 12.4. The van der Waals surface area contributed by atoms with Crippen LogP contribution in [0.1, 0.15) is 74.8 Å². The molecule has 0 amide bonds. The molecule has 2 saturated heterocycles. The number of hydrogen-bond donors (Lipinski definition) is 1.